The molecule has 0 amide bonds. The van der Waals surface area contributed by atoms with Gasteiger partial charge in [0.15, 0.2) is 0 Å². The summed E-state index contributed by atoms with van der Waals surface area (Å²) in [4.78, 5) is 25.6. The average Bonchev–Trinajstić information content (AvgIpc) is 2.52. The number of halogens is 1. The minimum atomic E-state index is -0.837. The Labute approximate surface area is 139 Å². The summed E-state index contributed by atoms with van der Waals surface area (Å²) < 4.78 is 0. The smallest absolute Gasteiger partial charge is 0.317 e. The van der Waals surface area contributed by atoms with E-state index >= 15 is 0 Å². The van der Waals surface area contributed by atoms with E-state index in [-0.39, 0.29) is 18.3 Å². The Balaban J connectivity index is 2.10. The molecule has 1 aliphatic rings. The van der Waals surface area contributed by atoms with Gasteiger partial charge in [0.25, 0.3) is 5.69 Å². The first kappa shape index (κ1) is 17.5. The van der Waals surface area contributed by atoms with Crippen molar-refractivity contribution in [3.8, 4) is 0 Å². The molecule has 2 rings (SSSR count). The Bertz CT molecular complexity index is 588. The fraction of sp³-hybridized carbons (Fsp3) is 0.533. The summed E-state index contributed by atoms with van der Waals surface area (Å²) in [7, 11) is 0. The van der Waals surface area contributed by atoms with Crippen LogP contribution in [0.25, 0.3) is 0 Å². The van der Waals surface area contributed by atoms with Gasteiger partial charge in [0, 0.05) is 25.2 Å². The number of hydrogen-bond donors (Lipinski definition) is 1. The number of rotatable bonds is 6. The summed E-state index contributed by atoms with van der Waals surface area (Å²) in [6, 6.07) is 4.85. The molecule has 0 radical (unpaired) electrons. The summed E-state index contributed by atoms with van der Waals surface area (Å²) in [5.74, 6) is -0.837. The number of nitrogens with zero attached hydrogens (tertiary/aromatic N) is 3. The second kappa shape index (κ2) is 7.61. The maximum absolute atomic E-state index is 11.2. The van der Waals surface area contributed by atoms with Gasteiger partial charge >= 0.3 is 5.97 Å². The van der Waals surface area contributed by atoms with Crippen molar-refractivity contribution >= 4 is 28.9 Å². The van der Waals surface area contributed by atoms with Gasteiger partial charge in [-0.3, -0.25) is 19.8 Å². The molecule has 0 spiro atoms. The number of aliphatic carboxylic acids is 1. The minimum absolute atomic E-state index is 0.00818. The average molecular weight is 342 g/mol. The van der Waals surface area contributed by atoms with Crippen LogP contribution >= 0.6 is 11.6 Å². The van der Waals surface area contributed by atoms with Gasteiger partial charge in [-0.05, 0) is 25.5 Å². The van der Waals surface area contributed by atoms with E-state index in [1.54, 1.807) is 12.1 Å². The summed E-state index contributed by atoms with van der Waals surface area (Å²) in [6.07, 6.45) is 1.51. The van der Waals surface area contributed by atoms with Gasteiger partial charge in [0.05, 0.1) is 16.5 Å². The minimum Gasteiger partial charge on any atom is -0.480 e. The van der Waals surface area contributed by atoms with E-state index < -0.39 is 10.9 Å². The normalized spacial score (nSPS) is 15.9. The number of benzene rings is 1. The van der Waals surface area contributed by atoms with Crippen molar-refractivity contribution in [1.82, 2.24) is 4.90 Å². The Hall–Kier alpha value is -1.86. The molecule has 7 nitrogen and oxygen atoms in total. The van der Waals surface area contributed by atoms with E-state index in [9.17, 15) is 14.9 Å². The SMILES string of the molecule is CCN(CC(=O)O)C1CCN(c2c(Cl)cccc2[N+](=O)[O-])CC1. The lowest BCUT2D eigenvalue weighted by atomic mass is 10.0. The topological polar surface area (TPSA) is 86.9 Å². The molecule has 1 aromatic rings. The van der Waals surface area contributed by atoms with E-state index in [1.165, 1.54) is 6.07 Å². The number of carboxylic acid groups (broad SMARTS) is 1. The van der Waals surface area contributed by atoms with Crippen molar-refractivity contribution in [3.63, 3.8) is 0 Å². The van der Waals surface area contributed by atoms with Crippen LogP contribution in [0.4, 0.5) is 11.4 Å². The number of nitro groups is 1. The molecule has 1 aliphatic heterocycles. The zero-order valence-corrected chi connectivity index (χ0v) is 13.7. The Morgan fingerprint density at radius 2 is 2.13 bits per heavy atom. The van der Waals surface area contributed by atoms with Gasteiger partial charge in [-0.2, -0.15) is 0 Å². The molecule has 1 heterocycles. The quantitative estimate of drug-likeness (QED) is 0.632. The van der Waals surface area contributed by atoms with E-state index in [0.29, 0.717) is 30.3 Å². The number of anilines is 1. The highest BCUT2D eigenvalue weighted by atomic mass is 35.5. The first-order chi connectivity index (χ1) is 10.9. The molecule has 1 aromatic carbocycles. The lowest BCUT2D eigenvalue weighted by Crippen LogP contribution is -2.46. The molecule has 1 N–H and O–H groups in total. The fourth-order valence-electron chi connectivity index (χ4n) is 3.09. The summed E-state index contributed by atoms with van der Waals surface area (Å²) in [6.45, 7) is 3.86. The standard InChI is InChI=1S/C15H20ClN3O4/c1-2-17(10-14(20)21)11-6-8-18(9-7-11)15-12(16)4-3-5-13(15)19(22)23/h3-5,11H,2,6-10H2,1H3,(H,20,21). The molecule has 1 fully saturated rings. The highest BCUT2D eigenvalue weighted by Crippen LogP contribution is 2.37. The van der Waals surface area contributed by atoms with Crippen molar-refractivity contribution in [2.45, 2.75) is 25.8 Å². The maximum atomic E-state index is 11.2. The number of likely N-dealkylation sites (N-methyl/N-ethyl adjacent to an activating group) is 1. The lowest BCUT2D eigenvalue weighted by molar-refractivity contribution is -0.384. The third-order valence-corrected chi connectivity index (χ3v) is 4.51. The summed E-state index contributed by atoms with van der Waals surface area (Å²) in [5, 5.41) is 20.5. The largest absolute Gasteiger partial charge is 0.480 e. The first-order valence-corrected chi connectivity index (χ1v) is 7.95. The molecule has 126 valence electrons. The number of piperidine rings is 1. The molecule has 1 saturated heterocycles. The molecular formula is C15H20ClN3O4. The first-order valence-electron chi connectivity index (χ1n) is 7.57. The van der Waals surface area contributed by atoms with Crippen LogP contribution in [0.1, 0.15) is 19.8 Å². The molecule has 0 atom stereocenters. The van der Waals surface area contributed by atoms with Crippen LogP contribution in [-0.2, 0) is 4.79 Å². The van der Waals surface area contributed by atoms with E-state index in [1.807, 2.05) is 16.7 Å². The molecule has 0 aliphatic carbocycles. The van der Waals surface area contributed by atoms with Crippen LogP contribution in [0.2, 0.25) is 5.02 Å². The molecular weight excluding hydrogens is 322 g/mol. The number of nitro benzene ring substituents is 1. The molecule has 0 bridgehead atoms. The predicted octanol–water partition coefficient (Wildman–Crippen LogP) is 2.62. The molecule has 0 aromatic heterocycles. The van der Waals surface area contributed by atoms with Gasteiger partial charge in [-0.25, -0.2) is 0 Å². The van der Waals surface area contributed by atoms with Crippen molar-refractivity contribution in [2.75, 3.05) is 31.1 Å². The van der Waals surface area contributed by atoms with Crippen LogP contribution in [0, 0.1) is 10.1 Å². The number of hydrogen-bond acceptors (Lipinski definition) is 5. The van der Waals surface area contributed by atoms with Gasteiger partial charge in [0.1, 0.15) is 5.69 Å². The zero-order valence-electron chi connectivity index (χ0n) is 12.9. The van der Waals surface area contributed by atoms with Gasteiger partial charge in [-0.1, -0.05) is 24.6 Å². The molecule has 0 saturated carbocycles. The van der Waals surface area contributed by atoms with Crippen molar-refractivity contribution < 1.29 is 14.8 Å². The van der Waals surface area contributed by atoms with Crippen LogP contribution in [0.3, 0.4) is 0 Å². The summed E-state index contributed by atoms with van der Waals surface area (Å²) in [5.41, 5.74) is 0.465. The Morgan fingerprint density at radius 1 is 1.48 bits per heavy atom. The predicted molar refractivity (Wildman–Crippen MR) is 88.2 cm³/mol. The summed E-state index contributed by atoms with van der Waals surface area (Å²) >= 11 is 6.17. The molecule has 0 unspecified atom stereocenters. The third-order valence-electron chi connectivity index (χ3n) is 4.20. The van der Waals surface area contributed by atoms with Gasteiger partial charge in [0.2, 0.25) is 0 Å². The van der Waals surface area contributed by atoms with Crippen LogP contribution < -0.4 is 4.90 Å². The van der Waals surface area contributed by atoms with Crippen molar-refractivity contribution in [3.05, 3.63) is 33.3 Å². The van der Waals surface area contributed by atoms with E-state index in [4.69, 9.17) is 16.7 Å². The van der Waals surface area contributed by atoms with Gasteiger partial charge < -0.3 is 10.0 Å². The number of carboxylic acids is 1. The molecule has 23 heavy (non-hydrogen) atoms. The highest BCUT2D eigenvalue weighted by molar-refractivity contribution is 6.33. The zero-order chi connectivity index (χ0) is 17.0. The number of para-hydroxylation sites is 1. The second-order valence-corrected chi connectivity index (χ2v) is 5.95. The fourth-order valence-corrected chi connectivity index (χ4v) is 3.38. The molecule has 8 heteroatoms. The highest BCUT2D eigenvalue weighted by Gasteiger charge is 2.29. The number of carbonyl (C=O) groups is 1. The van der Waals surface area contributed by atoms with Crippen LogP contribution in [0.15, 0.2) is 18.2 Å². The second-order valence-electron chi connectivity index (χ2n) is 5.54. The lowest BCUT2D eigenvalue weighted by Gasteiger charge is -2.38. The maximum Gasteiger partial charge on any atom is 0.317 e. The van der Waals surface area contributed by atoms with E-state index in [0.717, 1.165) is 12.8 Å². The third kappa shape index (κ3) is 4.11. The monoisotopic (exact) mass is 341 g/mol. The Kier molecular flexibility index (Phi) is 5.79. The van der Waals surface area contributed by atoms with Crippen LogP contribution in [-0.4, -0.2) is 53.1 Å². The van der Waals surface area contributed by atoms with Crippen molar-refractivity contribution in [1.29, 1.82) is 0 Å². The van der Waals surface area contributed by atoms with Crippen molar-refractivity contribution in [2.24, 2.45) is 0 Å². The Morgan fingerprint density at radius 3 is 2.65 bits per heavy atom. The van der Waals surface area contributed by atoms with Gasteiger partial charge in [-0.15, -0.1) is 0 Å². The van der Waals surface area contributed by atoms with Crippen LogP contribution in [0.5, 0.6) is 0 Å². The van der Waals surface area contributed by atoms with E-state index in [2.05, 4.69) is 0 Å².